The van der Waals surface area contributed by atoms with Crippen LogP contribution in [0.5, 0.6) is 0 Å². The van der Waals surface area contributed by atoms with Crippen LogP contribution < -0.4 is 5.32 Å². The van der Waals surface area contributed by atoms with E-state index >= 15 is 0 Å². The second-order valence-electron chi connectivity index (χ2n) is 5.43. The highest BCUT2D eigenvalue weighted by molar-refractivity contribution is 5.92. The van der Waals surface area contributed by atoms with Crippen molar-refractivity contribution in [1.29, 1.82) is 0 Å². The van der Waals surface area contributed by atoms with E-state index in [1.807, 2.05) is 12.1 Å². The average molecular weight is 314 g/mol. The zero-order valence-corrected chi connectivity index (χ0v) is 13.4. The number of imidazole rings is 1. The summed E-state index contributed by atoms with van der Waals surface area (Å²) in [5, 5.41) is 6.38. The van der Waals surface area contributed by atoms with E-state index in [0.717, 1.165) is 12.8 Å². The summed E-state index contributed by atoms with van der Waals surface area (Å²) in [4.78, 5) is 19.3. The zero-order chi connectivity index (χ0) is 16.5. The molecule has 2 aromatic rings. The minimum atomic E-state index is -0.311. The van der Waals surface area contributed by atoms with Crippen molar-refractivity contribution in [3.8, 4) is 0 Å². The number of fused-ring (bicyclic) bond motifs is 1. The van der Waals surface area contributed by atoms with Crippen molar-refractivity contribution in [3.63, 3.8) is 0 Å². The number of unbranched alkanes of at least 4 members (excludes halogenated alkanes) is 5. The van der Waals surface area contributed by atoms with E-state index in [-0.39, 0.29) is 12.0 Å². The predicted molar refractivity (Wildman–Crippen MR) is 90.7 cm³/mol. The van der Waals surface area contributed by atoms with E-state index in [2.05, 4.69) is 27.3 Å². The third-order valence-electron chi connectivity index (χ3n) is 3.69. The quantitative estimate of drug-likeness (QED) is 0.325. The fraction of sp³-hybridized carbons (Fsp3) is 0.500. The lowest BCUT2D eigenvalue weighted by molar-refractivity contribution is 0.243. The molecule has 0 aliphatic carbocycles. The molecular formula is C16H22N6O. The van der Waals surface area contributed by atoms with Gasteiger partial charge in [-0.1, -0.05) is 51.2 Å². The van der Waals surface area contributed by atoms with E-state index in [0.29, 0.717) is 17.6 Å². The molecule has 0 spiro atoms. The number of para-hydroxylation sites is 2. The topological polar surface area (TPSA) is 95.7 Å². The molecule has 1 heterocycles. The van der Waals surface area contributed by atoms with Crippen LogP contribution in [0.3, 0.4) is 0 Å². The van der Waals surface area contributed by atoms with E-state index in [4.69, 9.17) is 5.53 Å². The minimum absolute atomic E-state index is 0.0640. The Bertz CT molecular complexity index is 702. The SMILES string of the molecule is CCCCCCCCNC(=O)n1c(N=[N+]=[N-])nc2ccccc21. The molecule has 0 bridgehead atoms. The van der Waals surface area contributed by atoms with Crippen LogP contribution >= 0.6 is 0 Å². The summed E-state index contributed by atoms with van der Waals surface area (Å²) in [6.07, 6.45) is 6.99. The molecule has 0 atom stereocenters. The largest absolute Gasteiger partial charge is 0.337 e. The van der Waals surface area contributed by atoms with Gasteiger partial charge >= 0.3 is 6.03 Å². The molecule has 0 radical (unpaired) electrons. The number of amides is 1. The van der Waals surface area contributed by atoms with Gasteiger partial charge in [0.15, 0.2) is 0 Å². The molecule has 1 aromatic heterocycles. The molecule has 0 saturated carbocycles. The highest BCUT2D eigenvalue weighted by atomic mass is 16.2. The number of nitrogens with zero attached hydrogens (tertiary/aromatic N) is 5. The van der Waals surface area contributed by atoms with Gasteiger partial charge in [-0.25, -0.2) is 14.3 Å². The van der Waals surface area contributed by atoms with Crippen LogP contribution in [0, 0.1) is 0 Å². The summed E-state index contributed by atoms with van der Waals surface area (Å²) in [6, 6.07) is 6.90. The number of carbonyl (C=O) groups is 1. The molecule has 7 nitrogen and oxygen atoms in total. The summed E-state index contributed by atoms with van der Waals surface area (Å²) < 4.78 is 1.33. The smallest absolute Gasteiger partial charge is 0.327 e. The maximum atomic E-state index is 12.4. The van der Waals surface area contributed by atoms with Crippen LogP contribution in [-0.4, -0.2) is 22.1 Å². The van der Waals surface area contributed by atoms with Gasteiger partial charge in [-0.05, 0) is 29.2 Å². The lowest BCUT2D eigenvalue weighted by atomic mass is 10.1. The summed E-state index contributed by atoms with van der Waals surface area (Å²) >= 11 is 0. The Labute approximate surface area is 135 Å². The first-order valence-electron chi connectivity index (χ1n) is 8.08. The molecule has 1 aromatic carbocycles. The number of aromatic nitrogens is 2. The van der Waals surface area contributed by atoms with Gasteiger partial charge in [0.2, 0.25) is 5.95 Å². The first-order valence-corrected chi connectivity index (χ1v) is 8.08. The molecule has 2 rings (SSSR count). The lowest BCUT2D eigenvalue weighted by Gasteiger charge is -2.07. The van der Waals surface area contributed by atoms with Gasteiger partial charge in [0.05, 0.1) is 11.0 Å². The summed E-state index contributed by atoms with van der Waals surface area (Å²) in [5.74, 6) is 0.0640. The maximum Gasteiger partial charge on any atom is 0.327 e. The molecule has 23 heavy (non-hydrogen) atoms. The molecule has 0 unspecified atom stereocenters. The molecule has 7 heteroatoms. The fourth-order valence-electron chi connectivity index (χ4n) is 2.50. The third kappa shape index (κ3) is 4.47. The monoisotopic (exact) mass is 314 g/mol. The molecule has 0 saturated heterocycles. The van der Waals surface area contributed by atoms with Crippen LogP contribution in [0.4, 0.5) is 10.7 Å². The Kier molecular flexibility index (Phi) is 6.44. The first kappa shape index (κ1) is 16.8. The van der Waals surface area contributed by atoms with Gasteiger partial charge in [-0.15, -0.1) is 0 Å². The summed E-state index contributed by atoms with van der Waals surface area (Å²) in [6.45, 7) is 2.80. The van der Waals surface area contributed by atoms with Crippen molar-refractivity contribution in [2.45, 2.75) is 45.4 Å². The van der Waals surface area contributed by atoms with Crippen LogP contribution in [0.2, 0.25) is 0 Å². The van der Waals surface area contributed by atoms with Gasteiger partial charge < -0.3 is 5.32 Å². The molecule has 1 N–H and O–H groups in total. The highest BCUT2D eigenvalue weighted by Gasteiger charge is 2.14. The number of benzene rings is 1. The van der Waals surface area contributed by atoms with Crippen LogP contribution in [0.25, 0.3) is 21.5 Å². The number of azide groups is 1. The first-order chi connectivity index (χ1) is 11.3. The summed E-state index contributed by atoms with van der Waals surface area (Å²) in [7, 11) is 0. The average Bonchev–Trinajstić information content (AvgIpc) is 2.92. The number of hydrogen-bond donors (Lipinski definition) is 1. The normalized spacial score (nSPS) is 10.5. The molecular weight excluding hydrogens is 292 g/mol. The van der Waals surface area contributed by atoms with Crippen LogP contribution in [0.1, 0.15) is 45.4 Å². The Balaban J connectivity index is 1.97. The van der Waals surface area contributed by atoms with Crippen molar-refractivity contribution < 1.29 is 4.79 Å². The van der Waals surface area contributed by atoms with Gasteiger partial charge in [-0.2, -0.15) is 0 Å². The fourth-order valence-corrected chi connectivity index (χ4v) is 2.50. The lowest BCUT2D eigenvalue weighted by Crippen LogP contribution is -2.29. The predicted octanol–water partition coefficient (Wildman–Crippen LogP) is 4.90. The number of nitrogens with one attached hydrogen (secondary N) is 1. The van der Waals surface area contributed by atoms with E-state index in [1.165, 1.54) is 30.3 Å². The molecule has 122 valence electrons. The standard InChI is InChI=1S/C16H22N6O/c1-2-3-4-5-6-9-12-18-16(23)22-14-11-8-7-10-13(14)19-15(22)20-21-17/h7-8,10-11H,2-6,9,12H2,1H3,(H,18,23). The van der Waals surface area contributed by atoms with Crippen molar-refractivity contribution in [1.82, 2.24) is 14.9 Å². The van der Waals surface area contributed by atoms with Crippen LogP contribution in [0.15, 0.2) is 29.4 Å². The number of rotatable bonds is 8. The van der Waals surface area contributed by atoms with Crippen molar-refractivity contribution in [2.24, 2.45) is 5.11 Å². The Morgan fingerprint density at radius 2 is 2.00 bits per heavy atom. The number of carbonyl (C=O) groups excluding carboxylic acids is 1. The summed E-state index contributed by atoms with van der Waals surface area (Å²) in [5.41, 5.74) is 9.91. The molecule has 1 amide bonds. The Hall–Kier alpha value is -2.53. The third-order valence-corrected chi connectivity index (χ3v) is 3.69. The van der Waals surface area contributed by atoms with E-state index in [9.17, 15) is 4.79 Å². The molecule has 0 fully saturated rings. The maximum absolute atomic E-state index is 12.4. The van der Waals surface area contributed by atoms with E-state index in [1.54, 1.807) is 12.1 Å². The second kappa shape index (κ2) is 8.80. The van der Waals surface area contributed by atoms with Gasteiger partial charge in [0.1, 0.15) is 0 Å². The Morgan fingerprint density at radius 3 is 2.78 bits per heavy atom. The highest BCUT2D eigenvalue weighted by Crippen LogP contribution is 2.21. The zero-order valence-electron chi connectivity index (χ0n) is 13.4. The second-order valence-corrected chi connectivity index (χ2v) is 5.43. The van der Waals surface area contributed by atoms with Gasteiger partial charge in [-0.3, -0.25) is 0 Å². The minimum Gasteiger partial charge on any atom is -0.337 e. The Morgan fingerprint density at radius 1 is 1.26 bits per heavy atom. The molecule has 0 aliphatic rings. The van der Waals surface area contributed by atoms with Gasteiger partial charge in [0, 0.05) is 11.5 Å². The van der Waals surface area contributed by atoms with Crippen molar-refractivity contribution in [2.75, 3.05) is 6.54 Å². The van der Waals surface area contributed by atoms with Gasteiger partial charge in [0.25, 0.3) is 0 Å². The van der Waals surface area contributed by atoms with Crippen molar-refractivity contribution >= 4 is 23.0 Å². The van der Waals surface area contributed by atoms with Crippen molar-refractivity contribution in [3.05, 3.63) is 34.7 Å². The van der Waals surface area contributed by atoms with Crippen LogP contribution in [-0.2, 0) is 0 Å². The number of hydrogen-bond acceptors (Lipinski definition) is 3. The molecule has 0 aliphatic heterocycles. The van der Waals surface area contributed by atoms with E-state index < -0.39 is 0 Å².